The highest BCUT2D eigenvalue weighted by molar-refractivity contribution is 5.25. The third-order valence-corrected chi connectivity index (χ3v) is 2.20. The standard InChI is InChI=1S/C11H12N2O/c14-8-10-7-12-13-11(10)6-9-4-2-1-3-5-9/h1-5,7,14H,6,8H2,(H,12,13). The van der Waals surface area contributed by atoms with Crippen LogP contribution in [0.15, 0.2) is 36.5 Å². The number of aromatic amines is 1. The predicted molar refractivity (Wildman–Crippen MR) is 53.8 cm³/mol. The fraction of sp³-hybridized carbons (Fsp3) is 0.182. The Bertz CT molecular complexity index is 395. The SMILES string of the molecule is OCc1cn[nH]c1Cc1ccccc1. The molecule has 3 heteroatoms. The lowest BCUT2D eigenvalue weighted by Gasteiger charge is -2.00. The number of benzene rings is 1. The molecule has 0 atom stereocenters. The summed E-state index contributed by atoms with van der Waals surface area (Å²) < 4.78 is 0. The fourth-order valence-corrected chi connectivity index (χ4v) is 1.43. The maximum atomic E-state index is 9.03. The Labute approximate surface area is 82.4 Å². The Kier molecular flexibility index (Phi) is 2.60. The summed E-state index contributed by atoms with van der Waals surface area (Å²) >= 11 is 0. The molecule has 2 aromatic rings. The molecule has 1 aromatic carbocycles. The van der Waals surface area contributed by atoms with E-state index in [1.165, 1.54) is 5.56 Å². The Morgan fingerprint density at radius 3 is 2.71 bits per heavy atom. The average Bonchev–Trinajstić information content (AvgIpc) is 2.67. The first-order chi connectivity index (χ1) is 6.90. The van der Waals surface area contributed by atoms with E-state index in [-0.39, 0.29) is 6.61 Å². The van der Waals surface area contributed by atoms with E-state index >= 15 is 0 Å². The first kappa shape index (κ1) is 8.97. The molecule has 0 fully saturated rings. The van der Waals surface area contributed by atoms with E-state index in [0.717, 1.165) is 17.7 Å². The van der Waals surface area contributed by atoms with Gasteiger partial charge in [0.15, 0.2) is 0 Å². The van der Waals surface area contributed by atoms with Crippen LogP contribution in [0.2, 0.25) is 0 Å². The van der Waals surface area contributed by atoms with Crippen LogP contribution in [-0.4, -0.2) is 15.3 Å². The van der Waals surface area contributed by atoms with Gasteiger partial charge in [0.1, 0.15) is 0 Å². The molecule has 0 amide bonds. The number of hydrogen-bond donors (Lipinski definition) is 2. The Morgan fingerprint density at radius 2 is 2.00 bits per heavy atom. The molecular weight excluding hydrogens is 176 g/mol. The molecule has 1 heterocycles. The minimum atomic E-state index is 0.0403. The summed E-state index contributed by atoms with van der Waals surface area (Å²) in [4.78, 5) is 0. The summed E-state index contributed by atoms with van der Waals surface area (Å²) in [7, 11) is 0. The zero-order valence-corrected chi connectivity index (χ0v) is 7.77. The van der Waals surface area contributed by atoms with Gasteiger partial charge in [0, 0.05) is 17.7 Å². The lowest BCUT2D eigenvalue weighted by Crippen LogP contribution is -1.93. The van der Waals surface area contributed by atoms with Gasteiger partial charge in [-0.05, 0) is 5.56 Å². The van der Waals surface area contributed by atoms with Crippen LogP contribution in [0.3, 0.4) is 0 Å². The van der Waals surface area contributed by atoms with Crippen molar-refractivity contribution in [3.05, 3.63) is 53.3 Å². The van der Waals surface area contributed by atoms with E-state index in [9.17, 15) is 0 Å². The summed E-state index contributed by atoms with van der Waals surface area (Å²) in [6, 6.07) is 10.1. The lowest BCUT2D eigenvalue weighted by molar-refractivity contribution is 0.281. The molecule has 0 saturated carbocycles. The number of nitrogens with one attached hydrogen (secondary N) is 1. The van der Waals surface area contributed by atoms with Gasteiger partial charge in [-0.2, -0.15) is 5.10 Å². The number of nitrogens with zero attached hydrogens (tertiary/aromatic N) is 1. The molecular formula is C11H12N2O. The van der Waals surface area contributed by atoms with Crippen LogP contribution in [0.4, 0.5) is 0 Å². The van der Waals surface area contributed by atoms with Crippen molar-refractivity contribution in [2.24, 2.45) is 0 Å². The van der Waals surface area contributed by atoms with Gasteiger partial charge in [0.25, 0.3) is 0 Å². The molecule has 0 radical (unpaired) electrons. The summed E-state index contributed by atoms with van der Waals surface area (Å²) in [6.45, 7) is 0.0403. The van der Waals surface area contributed by atoms with E-state index in [1.54, 1.807) is 6.20 Å². The molecule has 3 nitrogen and oxygen atoms in total. The molecule has 2 N–H and O–H groups in total. The van der Waals surface area contributed by atoms with Crippen LogP contribution < -0.4 is 0 Å². The Hall–Kier alpha value is -1.61. The van der Waals surface area contributed by atoms with Gasteiger partial charge in [-0.3, -0.25) is 5.10 Å². The second kappa shape index (κ2) is 4.07. The largest absolute Gasteiger partial charge is 0.392 e. The maximum Gasteiger partial charge on any atom is 0.0715 e. The number of aliphatic hydroxyl groups is 1. The van der Waals surface area contributed by atoms with Crippen molar-refractivity contribution in [2.75, 3.05) is 0 Å². The van der Waals surface area contributed by atoms with Gasteiger partial charge in [-0.15, -0.1) is 0 Å². The molecule has 0 saturated heterocycles. The molecule has 0 aliphatic heterocycles. The molecule has 1 aromatic heterocycles. The van der Waals surface area contributed by atoms with Crippen molar-refractivity contribution in [1.29, 1.82) is 0 Å². The molecule has 0 unspecified atom stereocenters. The highest BCUT2D eigenvalue weighted by Crippen LogP contribution is 2.10. The van der Waals surface area contributed by atoms with Crippen molar-refractivity contribution < 1.29 is 5.11 Å². The normalized spacial score (nSPS) is 10.4. The smallest absolute Gasteiger partial charge is 0.0715 e. The van der Waals surface area contributed by atoms with Gasteiger partial charge in [-0.25, -0.2) is 0 Å². The lowest BCUT2D eigenvalue weighted by atomic mass is 10.1. The van der Waals surface area contributed by atoms with E-state index in [2.05, 4.69) is 22.3 Å². The Balaban J connectivity index is 2.19. The quantitative estimate of drug-likeness (QED) is 0.766. The molecule has 2 rings (SSSR count). The first-order valence-corrected chi connectivity index (χ1v) is 4.56. The highest BCUT2D eigenvalue weighted by atomic mass is 16.3. The van der Waals surface area contributed by atoms with Gasteiger partial charge in [0.2, 0.25) is 0 Å². The summed E-state index contributed by atoms with van der Waals surface area (Å²) in [5, 5.41) is 15.8. The molecule has 0 bridgehead atoms. The van der Waals surface area contributed by atoms with Gasteiger partial charge in [-0.1, -0.05) is 30.3 Å². The molecule has 0 aliphatic rings. The van der Waals surface area contributed by atoms with Crippen molar-refractivity contribution in [2.45, 2.75) is 13.0 Å². The molecule has 14 heavy (non-hydrogen) atoms. The topological polar surface area (TPSA) is 48.9 Å². The van der Waals surface area contributed by atoms with Crippen molar-refractivity contribution in [1.82, 2.24) is 10.2 Å². The fourth-order valence-electron chi connectivity index (χ4n) is 1.43. The zero-order chi connectivity index (χ0) is 9.80. The molecule has 0 spiro atoms. The van der Waals surface area contributed by atoms with Gasteiger partial charge >= 0.3 is 0 Å². The van der Waals surface area contributed by atoms with Crippen LogP contribution in [0.1, 0.15) is 16.8 Å². The van der Waals surface area contributed by atoms with Crippen molar-refractivity contribution in [3.63, 3.8) is 0 Å². The van der Waals surface area contributed by atoms with Crippen molar-refractivity contribution in [3.8, 4) is 0 Å². The first-order valence-electron chi connectivity index (χ1n) is 4.56. The molecule has 72 valence electrons. The van der Waals surface area contributed by atoms with E-state index in [4.69, 9.17) is 5.11 Å². The number of aromatic nitrogens is 2. The summed E-state index contributed by atoms with van der Waals surface area (Å²) in [5.74, 6) is 0. The predicted octanol–water partition coefficient (Wildman–Crippen LogP) is 1.49. The van der Waals surface area contributed by atoms with E-state index in [1.807, 2.05) is 18.2 Å². The van der Waals surface area contributed by atoms with E-state index < -0.39 is 0 Å². The van der Waals surface area contributed by atoms with Crippen LogP contribution in [0.5, 0.6) is 0 Å². The second-order valence-electron chi connectivity index (χ2n) is 3.19. The minimum absolute atomic E-state index is 0.0403. The van der Waals surface area contributed by atoms with E-state index in [0.29, 0.717) is 0 Å². The van der Waals surface area contributed by atoms with Gasteiger partial charge < -0.3 is 5.11 Å². The third kappa shape index (κ3) is 1.83. The third-order valence-electron chi connectivity index (χ3n) is 2.20. The van der Waals surface area contributed by atoms with Crippen molar-refractivity contribution >= 4 is 0 Å². The second-order valence-corrected chi connectivity index (χ2v) is 3.19. The monoisotopic (exact) mass is 188 g/mol. The average molecular weight is 188 g/mol. The summed E-state index contributed by atoms with van der Waals surface area (Å²) in [5.41, 5.74) is 3.07. The number of hydrogen-bond acceptors (Lipinski definition) is 2. The minimum Gasteiger partial charge on any atom is -0.392 e. The maximum absolute atomic E-state index is 9.03. The Morgan fingerprint density at radius 1 is 1.21 bits per heavy atom. The van der Waals surface area contributed by atoms with Crippen LogP contribution in [-0.2, 0) is 13.0 Å². The molecule has 0 aliphatic carbocycles. The zero-order valence-electron chi connectivity index (χ0n) is 7.77. The van der Waals surface area contributed by atoms with Crippen LogP contribution in [0, 0.1) is 0 Å². The highest BCUT2D eigenvalue weighted by Gasteiger charge is 2.03. The van der Waals surface area contributed by atoms with Crippen LogP contribution in [0.25, 0.3) is 0 Å². The van der Waals surface area contributed by atoms with Gasteiger partial charge in [0.05, 0.1) is 12.8 Å². The van der Waals surface area contributed by atoms with Crippen LogP contribution >= 0.6 is 0 Å². The number of aliphatic hydroxyl groups excluding tert-OH is 1. The number of rotatable bonds is 3. The summed E-state index contributed by atoms with van der Waals surface area (Å²) in [6.07, 6.45) is 2.45. The number of H-pyrrole nitrogens is 1.